The van der Waals surface area contributed by atoms with Gasteiger partial charge in [0, 0.05) is 17.0 Å². The van der Waals surface area contributed by atoms with Gasteiger partial charge < -0.3 is 15.2 Å². The van der Waals surface area contributed by atoms with E-state index in [-0.39, 0.29) is 5.41 Å². The van der Waals surface area contributed by atoms with Gasteiger partial charge >= 0.3 is 6.09 Å². The molecule has 15 heavy (non-hydrogen) atoms. The van der Waals surface area contributed by atoms with E-state index in [9.17, 15) is 4.79 Å². The SMILES string of the molecule is CC1(C)COc2cc(OC(N)=O)ccc21. The van der Waals surface area contributed by atoms with Crippen molar-refractivity contribution in [3.05, 3.63) is 23.8 Å². The Bertz CT molecular complexity index is 412. The van der Waals surface area contributed by atoms with Crippen molar-refractivity contribution in [2.45, 2.75) is 19.3 Å². The molecule has 0 fully saturated rings. The van der Waals surface area contributed by atoms with Crippen LogP contribution in [-0.2, 0) is 5.41 Å². The minimum Gasteiger partial charge on any atom is -0.492 e. The molecule has 1 heterocycles. The molecule has 0 atom stereocenters. The molecule has 0 bridgehead atoms. The van der Waals surface area contributed by atoms with Crippen molar-refractivity contribution in [1.82, 2.24) is 0 Å². The quantitative estimate of drug-likeness (QED) is 0.764. The molecular weight excluding hydrogens is 194 g/mol. The molecule has 1 amide bonds. The maximum absolute atomic E-state index is 10.6. The summed E-state index contributed by atoms with van der Waals surface area (Å²) in [6, 6.07) is 5.31. The summed E-state index contributed by atoms with van der Waals surface area (Å²) in [4.78, 5) is 10.6. The van der Waals surface area contributed by atoms with Crippen molar-refractivity contribution < 1.29 is 14.3 Å². The molecule has 1 aromatic rings. The predicted molar refractivity (Wildman–Crippen MR) is 55.2 cm³/mol. The van der Waals surface area contributed by atoms with Gasteiger partial charge in [0.2, 0.25) is 0 Å². The first-order valence-electron chi connectivity index (χ1n) is 4.74. The number of nitrogens with two attached hydrogens (primary N) is 1. The average Bonchev–Trinajstić information content (AvgIpc) is 2.41. The molecule has 0 saturated heterocycles. The minimum atomic E-state index is -0.813. The number of primary amides is 1. The first-order chi connectivity index (χ1) is 6.99. The second-order valence-electron chi connectivity index (χ2n) is 4.25. The van der Waals surface area contributed by atoms with Crippen molar-refractivity contribution in [3.63, 3.8) is 0 Å². The van der Waals surface area contributed by atoms with Crippen LogP contribution in [0, 0.1) is 0 Å². The number of amides is 1. The number of rotatable bonds is 1. The molecule has 0 aliphatic carbocycles. The Balaban J connectivity index is 2.33. The molecule has 1 aromatic carbocycles. The zero-order valence-corrected chi connectivity index (χ0v) is 8.74. The van der Waals surface area contributed by atoms with Crippen molar-refractivity contribution in [3.8, 4) is 11.5 Å². The first kappa shape index (κ1) is 9.83. The van der Waals surface area contributed by atoms with Gasteiger partial charge in [0.15, 0.2) is 0 Å². The highest BCUT2D eigenvalue weighted by atomic mass is 16.5. The fraction of sp³-hybridized carbons (Fsp3) is 0.364. The Labute approximate surface area is 88.0 Å². The van der Waals surface area contributed by atoms with Crippen LogP contribution in [0.25, 0.3) is 0 Å². The number of carbonyl (C=O) groups is 1. The highest BCUT2D eigenvalue weighted by Gasteiger charge is 2.31. The molecule has 80 valence electrons. The number of benzene rings is 1. The van der Waals surface area contributed by atoms with Gasteiger partial charge in [-0.15, -0.1) is 0 Å². The Hall–Kier alpha value is -1.71. The smallest absolute Gasteiger partial charge is 0.409 e. The molecule has 4 nitrogen and oxygen atoms in total. The summed E-state index contributed by atoms with van der Waals surface area (Å²) in [6.45, 7) is 4.85. The van der Waals surface area contributed by atoms with E-state index in [1.54, 1.807) is 12.1 Å². The summed E-state index contributed by atoms with van der Waals surface area (Å²) < 4.78 is 10.3. The third kappa shape index (κ3) is 1.75. The summed E-state index contributed by atoms with van der Waals surface area (Å²) >= 11 is 0. The van der Waals surface area contributed by atoms with Crippen LogP contribution in [0.15, 0.2) is 18.2 Å². The fourth-order valence-corrected chi connectivity index (χ4v) is 1.70. The van der Waals surface area contributed by atoms with Gasteiger partial charge in [-0.1, -0.05) is 19.9 Å². The monoisotopic (exact) mass is 207 g/mol. The predicted octanol–water partition coefficient (Wildman–Crippen LogP) is 1.81. The van der Waals surface area contributed by atoms with Crippen molar-refractivity contribution in [2.75, 3.05) is 6.61 Å². The summed E-state index contributed by atoms with van der Waals surface area (Å²) in [6.07, 6.45) is -0.813. The lowest BCUT2D eigenvalue weighted by atomic mass is 9.87. The maximum Gasteiger partial charge on any atom is 0.409 e. The molecule has 0 aromatic heterocycles. The maximum atomic E-state index is 10.6. The molecule has 4 heteroatoms. The van der Waals surface area contributed by atoms with Gasteiger partial charge in [-0.05, 0) is 6.07 Å². The number of carbonyl (C=O) groups excluding carboxylic acids is 1. The lowest BCUT2D eigenvalue weighted by Gasteiger charge is -2.14. The summed E-state index contributed by atoms with van der Waals surface area (Å²) in [5, 5.41) is 0. The topological polar surface area (TPSA) is 61.6 Å². The Morgan fingerprint density at radius 1 is 1.53 bits per heavy atom. The van der Waals surface area contributed by atoms with Crippen LogP contribution in [0.3, 0.4) is 0 Å². The van der Waals surface area contributed by atoms with Crippen LogP contribution in [0.1, 0.15) is 19.4 Å². The molecule has 1 aliphatic rings. The van der Waals surface area contributed by atoms with E-state index >= 15 is 0 Å². The van der Waals surface area contributed by atoms with E-state index < -0.39 is 6.09 Å². The average molecular weight is 207 g/mol. The zero-order valence-electron chi connectivity index (χ0n) is 8.74. The second kappa shape index (κ2) is 3.15. The van der Waals surface area contributed by atoms with Crippen molar-refractivity contribution >= 4 is 6.09 Å². The summed E-state index contributed by atoms with van der Waals surface area (Å²) in [5.41, 5.74) is 6.06. The fourth-order valence-electron chi connectivity index (χ4n) is 1.70. The molecule has 2 rings (SSSR count). The van der Waals surface area contributed by atoms with Crippen molar-refractivity contribution in [2.24, 2.45) is 5.73 Å². The summed E-state index contributed by atoms with van der Waals surface area (Å²) in [5.74, 6) is 1.18. The zero-order chi connectivity index (χ0) is 11.1. The van der Waals surface area contributed by atoms with Crippen LogP contribution in [0.2, 0.25) is 0 Å². The number of hydrogen-bond donors (Lipinski definition) is 1. The van der Waals surface area contributed by atoms with Crippen LogP contribution >= 0.6 is 0 Å². The third-order valence-electron chi connectivity index (χ3n) is 2.49. The van der Waals surface area contributed by atoms with E-state index in [1.807, 2.05) is 6.07 Å². The highest BCUT2D eigenvalue weighted by molar-refractivity contribution is 5.68. The first-order valence-corrected chi connectivity index (χ1v) is 4.74. The lowest BCUT2D eigenvalue weighted by molar-refractivity contribution is 0.210. The van der Waals surface area contributed by atoms with E-state index in [2.05, 4.69) is 13.8 Å². The summed E-state index contributed by atoms with van der Waals surface area (Å²) in [7, 11) is 0. The molecule has 0 radical (unpaired) electrons. The standard InChI is InChI=1S/C11H13NO3/c1-11(2)6-14-9-5-7(15-10(12)13)3-4-8(9)11/h3-5H,6H2,1-2H3,(H2,12,13). The van der Waals surface area contributed by atoms with Crippen LogP contribution in [-0.4, -0.2) is 12.7 Å². The normalized spacial score (nSPS) is 16.7. The highest BCUT2D eigenvalue weighted by Crippen LogP contribution is 2.40. The molecule has 2 N–H and O–H groups in total. The molecule has 0 unspecified atom stereocenters. The number of ether oxygens (including phenoxy) is 2. The molecular formula is C11H13NO3. The Morgan fingerprint density at radius 2 is 2.27 bits per heavy atom. The largest absolute Gasteiger partial charge is 0.492 e. The molecule has 1 aliphatic heterocycles. The van der Waals surface area contributed by atoms with Crippen LogP contribution in [0.4, 0.5) is 4.79 Å². The van der Waals surface area contributed by atoms with Gasteiger partial charge in [0.25, 0.3) is 0 Å². The number of hydrogen-bond acceptors (Lipinski definition) is 3. The number of fused-ring (bicyclic) bond motifs is 1. The van der Waals surface area contributed by atoms with E-state index in [1.165, 1.54) is 0 Å². The minimum absolute atomic E-state index is 0.0145. The van der Waals surface area contributed by atoms with Crippen molar-refractivity contribution in [1.29, 1.82) is 0 Å². The Morgan fingerprint density at radius 3 is 2.93 bits per heavy atom. The van der Waals surface area contributed by atoms with Gasteiger partial charge in [0.1, 0.15) is 11.5 Å². The lowest BCUT2D eigenvalue weighted by Crippen LogP contribution is -2.18. The van der Waals surface area contributed by atoms with Crippen LogP contribution in [0.5, 0.6) is 11.5 Å². The second-order valence-corrected chi connectivity index (χ2v) is 4.25. The van der Waals surface area contributed by atoms with E-state index in [0.29, 0.717) is 12.4 Å². The van der Waals surface area contributed by atoms with Gasteiger partial charge in [-0.3, -0.25) is 0 Å². The van der Waals surface area contributed by atoms with E-state index in [0.717, 1.165) is 11.3 Å². The van der Waals surface area contributed by atoms with E-state index in [4.69, 9.17) is 15.2 Å². The van der Waals surface area contributed by atoms with Crippen LogP contribution < -0.4 is 15.2 Å². The van der Waals surface area contributed by atoms with Gasteiger partial charge in [-0.25, -0.2) is 4.79 Å². The van der Waals surface area contributed by atoms with Gasteiger partial charge in [0.05, 0.1) is 6.61 Å². The molecule has 0 saturated carbocycles. The Kier molecular flexibility index (Phi) is 2.07. The van der Waals surface area contributed by atoms with Gasteiger partial charge in [-0.2, -0.15) is 0 Å². The molecule has 0 spiro atoms. The third-order valence-corrected chi connectivity index (χ3v) is 2.49.